The van der Waals surface area contributed by atoms with Gasteiger partial charge in [-0.1, -0.05) is 4.49 Å². The van der Waals surface area contributed by atoms with Gasteiger partial charge in [-0.2, -0.15) is 0 Å². The van der Waals surface area contributed by atoms with Crippen LogP contribution in [0, 0.1) is 6.92 Å². The second kappa shape index (κ2) is 3.33. The van der Waals surface area contributed by atoms with Crippen molar-refractivity contribution in [2.45, 2.75) is 6.92 Å². The Labute approximate surface area is 85.1 Å². The van der Waals surface area contributed by atoms with Gasteiger partial charge >= 0.3 is 0 Å². The van der Waals surface area contributed by atoms with Gasteiger partial charge < -0.3 is 5.32 Å². The Bertz CT molecular complexity index is 445. The Morgan fingerprint density at radius 1 is 1.29 bits per heavy atom. The first-order valence-electron chi connectivity index (χ1n) is 4.10. The van der Waals surface area contributed by atoms with Gasteiger partial charge in [0.05, 0.1) is 5.69 Å². The summed E-state index contributed by atoms with van der Waals surface area (Å²) >= 11 is 1.33. The molecule has 2 heterocycles. The summed E-state index contributed by atoms with van der Waals surface area (Å²) in [7, 11) is 3.71. The lowest BCUT2D eigenvalue weighted by atomic mass is 10.4. The molecule has 0 spiro atoms. The first-order chi connectivity index (χ1) is 6.74. The fourth-order valence-electron chi connectivity index (χ4n) is 1.18. The molecule has 14 heavy (non-hydrogen) atoms. The standard InChI is InChI=1S/C7H10N6S/c1-4-5(14-12-9-4)6-10-11-7(8-2)13(6)3/h1-3H3,(H,8,11). The van der Waals surface area contributed by atoms with E-state index in [0.717, 1.165) is 22.3 Å². The highest BCUT2D eigenvalue weighted by molar-refractivity contribution is 7.09. The highest BCUT2D eigenvalue weighted by Crippen LogP contribution is 2.24. The zero-order valence-corrected chi connectivity index (χ0v) is 8.96. The fourth-order valence-corrected chi connectivity index (χ4v) is 1.86. The quantitative estimate of drug-likeness (QED) is 0.789. The van der Waals surface area contributed by atoms with Crippen LogP contribution in [-0.2, 0) is 7.05 Å². The Morgan fingerprint density at radius 3 is 2.57 bits per heavy atom. The van der Waals surface area contributed by atoms with E-state index < -0.39 is 0 Å². The monoisotopic (exact) mass is 210 g/mol. The molecule has 0 bridgehead atoms. The number of anilines is 1. The van der Waals surface area contributed by atoms with Crippen LogP contribution in [0.3, 0.4) is 0 Å². The number of rotatable bonds is 2. The molecule has 0 radical (unpaired) electrons. The average molecular weight is 210 g/mol. The molecule has 0 aromatic carbocycles. The van der Waals surface area contributed by atoms with Crippen molar-refractivity contribution in [1.29, 1.82) is 0 Å². The molecule has 2 rings (SSSR count). The van der Waals surface area contributed by atoms with E-state index in [9.17, 15) is 0 Å². The van der Waals surface area contributed by atoms with Crippen molar-refractivity contribution >= 4 is 17.5 Å². The van der Waals surface area contributed by atoms with Crippen LogP contribution in [0.25, 0.3) is 10.7 Å². The molecule has 0 unspecified atom stereocenters. The van der Waals surface area contributed by atoms with Crippen molar-refractivity contribution < 1.29 is 0 Å². The molecule has 6 nitrogen and oxygen atoms in total. The third-order valence-electron chi connectivity index (χ3n) is 1.95. The predicted molar refractivity (Wildman–Crippen MR) is 54.2 cm³/mol. The van der Waals surface area contributed by atoms with Crippen LogP contribution in [0.5, 0.6) is 0 Å². The van der Waals surface area contributed by atoms with Crippen LogP contribution in [0.15, 0.2) is 0 Å². The Balaban J connectivity index is 2.52. The predicted octanol–water partition coefficient (Wildman–Crippen LogP) is 0.684. The smallest absolute Gasteiger partial charge is 0.224 e. The van der Waals surface area contributed by atoms with Crippen molar-refractivity contribution in [1.82, 2.24) is 24.4 Å². The lowest BCUT2D eigenvalue weighted by Crippen LogP contribution is -1.99. The minimum absolute atomic E-state index is 0.729. The van der Waals surface area contributed by atoms with E-state index in [4.69, 9.17) is 0 Å². The lowest BCUT2D eigenvalue weighted by molar-refractivity contribution is 0.925. The zero-order chi connectivity index (χ0) is 10.1. The second-order valence-corrected chi connectivity index (χ2v) is 3.60. The van der Waals surface area contributed by atoms with E-state index in [0.29, 0.717) is 0 Å². The highest BCUT2D eigenvalue weighted by atomic mass is 32.1. The maximum Gasteiger partial charge on any atom is 0.224 e. The molecule has 0 aliphatic rings. The minimum atomic E-state index is 0.729. The minimum Gasteiger partial charge on any atom is -0.357 e. The van der Waals surface area contributed by atoms with Crippen molar-refractivity contribution in [3.05, 3.63) is 5.69 Å². The number of aryl methyl sites for hydroxylation is 1. The van der Waals surface area contributed by atoms with E-state index in [2.05, 4.69) is 25.1 Å². The Morgan fingerprint density at radius 2 is 2.07 bits per heavy atom. The van der Waals surface area contributed by atoms with Gasteiger partial charge in [0, 0.05) is 14.1 Å². The number of hydrogen-bond donors (Lipinski definition) is 1. The molecule has 74 valence electrons. The summed E-state index contributed by atoms with van der Waals surface area (Å²) in [6, 6.07) is 0. The molecule has 0 amide bonds. The largest absolute Gasteiger partial charge is 0.357 e. The normalized spacial score (nSPS) is 10.5. The van der Waals surface area contributed by atoms with Gasteiger partial charge in [0.15, 0.2) is 5.82 Å². The molecule has 2 aromatic rings. The lowest BCUT2D eigenvalue weighted by Gasteiger charge is -2.00. The number of hydrogen-bond acceptors (Lipinski definition) is 6. The fraction of sp³-hybridized carbons (Fsp3) is 0.429. The van der Waals surface area contributed by atoms with E-state index >= 15 is 0 Å². The van der Waals surface area contributed by atoms with Crippen LogP contribution in [0.4, 0.5) is 5.95 Å². The summed E-state index contributed by atoms with van der Waals surface area (Å²) in [5.74, 6) is 1.52. The topological polar surface area (TPSA) is 68.5 Å². The maximum absolute atomic E-state index is 4.07. The molecule has 0 atom stereocenters. The molecule has 0 aliphatic heterocycles. The van der Waals surface area contributed by atoms with Crippen LogP contribution in [-0.4, -0.2) is 31.4 Å². The van der Waals surface area contributed by atoms with E-state index in [-0.39, 0.29) is 0 Å². The van der Waals surface area contributed by atoms with E-state index in [1.807, 2.05) is 25.6 Å². The summed E-state index contributed by atoms with van der Waals surface area (Å²) in [6.45, 7) is 1.91. The molecule has 2 aromatic heterocycles. The summed E-state index contributed by atoms with van der Waals surface area (Å²) in [5.41, 5.74) is 0.883. The SMILES string of the molecule is CNc1nnc(-c2snnc2C)n1C. The number of nitrogens with zero attached hydrogens (tertiary/aromatic N) is 5. The Hall–Kier alpha value is -1.50. The van der Waals surface area contributed by atoms with Crippen molar-refractivity contribution in [3.8, 4) is 10.7 Å². The molecule has 0 aliphatic carbocycles. The van der Waals surface area contributed by atoms with Gasteiger partial charge in [0.1, 0.15) is 4.88 Å². The third kappa shape index (κ3) is 1.25. The average Bonchev–Trinajstić information content (AvgIpc) is 2.72. The molecule has 1 N–H and O–H groups in total. The molecule has 0 saturated carbocycles. The maximum atomic E-state index is 4.07. The third-order valence-corrected chi connectivity index (χ3v) is 2.78. The van der Waals surface area contributed by atoms with Gasteiger partial charge in [-0.25, -0.2) is 0 Å². The summed E-state index contributed by atoms with van der Waals surface area (Å²) in [6.07, 6.45) is 0. The van der Waals surface area contributed by atoms with Crippen molar-refractivity contribution in [2.24, 2.45) is 7.05 Å². The zero-order valence-electron chi connectivity index (χ0n) is 8.14. The van der Waals surface area contributed by atoms with E-state index in [1.165, 1.54) is 11.5 Å². The van der Waals surface area contributed by atoms with Crippen molar-refractivity contribution in [3.63, 3.8) is 0 Å². The van der Waals surface area contributed by atoms with Crippen LogP contribution < -0.4 is 5.32 Å². The highest BCUT2D eigenvalue weighted by Gasteiger charge is 2.14. The number of nitrogens with one attached hydrogen (secondary N) is 1. The van der Waals surface area contributed by atoms with Gasteiger partial charge in [0.2, 0.25) is 5.95 Å². The molecular formula is C7H10N6S. The Kier molecular flexibility index (Phi) is 2.16. The summed E-state index contributed by atoms with van der Waals surface area (Å²) < 4.78 is 5.74. The molecule has 0 fully saturated rings. The first-order valence-corrected chi connectivity index (χ1v) is 4.88. The first kappa shape index (κ1) is 9.07. The van der Waals surface area contributed by atoms with Gasteiger partial charge in [-0.3, -0.25) is 4.57 Å². The molecule has 0 saturated heterocycles. The number of aromatic nitrogens is 5. The van der Waals surface area contributed by atoms with E-state index in [1.54, 1.807) is 0 Å². The molecular weight excluding hydrogens is 200 g/mol. The summed E-state index contributed by atoms with van der Waals surface area (Å²) in [4.78, 5) is 0.960. The van der Waals surface area contributed by atoms with Crippen LogP contribution in [0.2, 0.25) is 0 Å². The van der Waals surface area contributed by atoms with Crippen LogP contribution in [0.1, 0.15) is 5.69 Å². The van der Waals surface area contributed by atoms with Crippen LogP contribution >= 0.6 is 11.5 Å². The second-order valence-electron chi connectivity index (χ2n) is 2.84. The summed E-state index contributed by atoms with van der Waals surface area (Å²) in [5, 5.41) is 14.9. The van der Waals surface area contributed by atoms with Gasteiger partial charge in [-0.05, 0) is 18.5 Å². The molecule has 7 heteroatoms. The van der Waals surface area contributed by atoms with Crippen molar-refractivity contribution in [2.75, 3.05) is 12.4 Å². The van der Waals surface area contributed by atoms with Gasteiger partial charge in [-0.15, -0.1) is 15.3 Å². The van der Waals surface area contributed by atoms with Gasteiger partial charge in [0.25, 0.3) is 0 Å².